The van der Waals surface area contributed by atoms with Crippen molar-refractivity contribution in [3.63, 3.8) is 0 Å². The molecule has 0 radical (unpaired) electrons. The molecule has 2 amide bonds. The van der Waals surface area contributed by atoms with E-state index in [1.165, 1.54) is 11.0 Å². The van der Waals surface area contributed by atoms with Gasteiger partial charge >= 0.3 is 0 Å². The molecule has 1 saturated carbocycles. The number of ether oxygens (including phenoxy) is 1. The average Bonchev–Trinajstić information content (AvgIpc) is 3.07. The van der Waals surface area contributed by atoms with Gasteiger partial charge in [-0.25, -0.2) is 12.8 Å². The van der Waals surface area contributed by atoms with E-state index in [-0.39, 0.29) is 36.2 Å². The van der Waals surface area contributed by atoms with Crippen molar-refractivity contribution in [3.8, 4) is 11.5 Å². The van der Waals surface area contributed by atoms with Crippen molar-refractivity contribution < 1.29 is 27.1 Å². The molecule has 1 unspecified atom stereocenters. The van der Waals surface area contributed by atoms with E-state index in [1.54, 1.807) is 54.6 Å². The van der Waals surface area contributed by atoms with Crippen LogP contribution >= 0.6 is 0 Å². The van der Waals surface area contributed by atoms with Gasteiger partial charge in [-0.15, -0.1) is 0 Å². The van der Waals surface area contributed by atoms with E-state index in [9.17, 15) is 18.0 Å². The molecule has 1 fully saturated rings. The molecule has 0 spiro atoms. The molecule has 4 aromatic carbocycles. The highest BCUT2D eigenvalue weighted by Gasteiger charge is 2.34. The zero-order valence-electron chi connectivity index (χ0n) is 26.4. The average molecular weight is 658 g/mol. The van der Waals surface area contributed by atoms with Gasteiger partial charge < -0.3 is 15.0 Å². The van der Waals surface area contributed by atoms with Crippen LogP contribution in [0.25, 0.3) is 0 Å². The molecule has 10 heteroatoms. The number of sulfonamides is 1. The third kappa shape index (κ3) is 9.42. The molecule has 47 heavy (non-hydrogen) atoms. The number of amides is 2. The summed E-state index contributed by atoms with van der Waals surface area (Å²) in [5.74, 6) is -0.398. The van der Waals surface area contributed by atoms with E-state index in [4.69, 9.17) is 4.74 Å². The first-order chi connectivity index (χ1) is 22.7. The minimum atomic E-state index is -3.96. The van der Waals surface area contributed by atoms with E-state index >= 15 is 4.39 Å². The van der Waals surface area contributed by atoms with Crippen LogP contribution < -0.4 is 14.4 Å². The maximum Gasteiger partial charge on any atom is 0.244 e. The summed E-state index contributed by atoms with van der Waals surface area (Å²) in [7, 11) is -3.96. The lowest BCUT2D eigenvalue weighted by molar-refractivity contribution is -0.140. The number of halogens is 1. The van der Waals surface area contributed by atoms with Crippen LogP contribution in [-0.2, 0) is 32.6 Å². The maximum absolute atomic E-state index is 15.0. The van der Waals surface area contributed by atoms with Gasteiger partial charge in [0.15, 0.2) is 0 Å². The largest absolute Gasteiger partial charge is 0.457 e. The zero-order valence-corrected chi connectivity index (χ0v) is 27.2. The fraction of sp³-hybridized carbons (Fsp3) is 0.297. The summed E-state index contributed by atoms with van der Waals surface area (Å²) in [5, 5.41) is 3.14. The molecule has 1 atom stereocenters. The van der Waals surface area contributed by atoms with Gasteiger partial charge in [-0.05, 0) is 60.9 Å². The molecular formula is C37H40FN3O5S. The Balaban J connectivity index is 1.46. The van der Waals surface area contributed by atoms with Gasteiger partial charge in [-0.1, -0.05) is 86.0 Å². The molecule has 0 bridgehead atoms. The molecule has 8 nitrogen and oxygen atoms in total. The molecule has 1 N–H and O–H groups in total. The first kappa shape index (κ1) is 33.7. The van der Waals surface area contributed by atoms with E-state index in [0.717, 1.165) is 48.2 Å². The van der Waals surface area contributed by atoms with Crippen LogP contribution in [0.1, 0.15) is 43.2 Å². The number of benzene rings is 4. The van der Waals surface area contributed by atoms with Crippen molar-refractivity contribution in [1.29, 1.82) is 0 Å². The fourth-order valence-corrected chi connectivity index (χ4v) is 6.68. The Hall–Kier alpha value is -4.70. The molecule has 1 aliphatic rings. The van der Waals surface area contributed by atoms with Gasteiger partial charge in [0.1, 0.15) is 29.9 Å². The maximum atomic E-state index is 15.0. The molecular weight excluding hydrogens is 617 g/mol. The van der Waals surface area contributed by atoms with Crippen LogP contribution in [-0.4, -0.2) is 50.0 Å². The minimum Gasteiger partial charge on any atom is -0.457 e. The zero-order chi connectivity index (χ0) is 33.2. The number of carbonyl (C=O) groups excluding carboxylic acids is 2. The van der Waals surface area contributed by atoms with Crippen LogP contribution in [0.2, 0.25) is 0 Å². The predicted octanol–water partition coefficient (Wildman–Crippen LogP) is 6.47. The molecule has 4 aromatic rings. The Morgan fingerprint density at radius 2 is 1.43 bits per heavy atom. The van der Waals surface area contributed by atoms with Gasteiger partial charge in [-0.2, -0.15) is 0 Å². The normalized spacial score (nSPS) is 14.2. The molecule has 1 aliphatic carbocycles. The van der Waals surface area contributed by atoms with Crippen LogP contribution in [0.5, 0.6) is 11.5 Å². The Morgan fingerprint density at radius 3 is 2.06 bits per heavy atom. The predicted molar refractivity (Wildman–Crippen MR) is 181 cm³/mol. The molecule has 0 heterocycles. The lowest BCUT2D eigenvalue weighted by atomic mass is 9.94. The van der Waals surface area contributed by atoms with Crippen molar-refractivity contribution in [2.24, 2.45) is 0 Å². The second-order valence-electron chi connectivity index (χ2n) is 11.8. The Kier molecular flexibility index (Phi) is 11.3. The summed E-state index contributed by atoms with van der Waals surface area (Å²) < 4.78 is 48.1. The van der Waals surface area contributed by atoms with Gasteiger partial charge in [-0.3, -0.25) is 13.9 Å². The van der Waals surface area contributed by atoms with Crippen molar-refractivity contribution in [2.75, 3.05) is 17.1 Å². The topological polar surface area (TPSA) is 96.0 Å². The monoisotopic (exact) mass is 657 g/mol. The SMILES string of the molecule is CS(=O)(=O)N(CC(=O)N(Cc1ccccc1F)C(Cc1ccccc1)C(=O)NC1CCCCC1)c1ccc(Oc2ccccc2)cc1. The van der Waals surface area contributed by atoms with Crippen molar-refractivity contribution in [1.82, 2.24) is 10.2 Å². The van der Waals surface area contributed by atoms with Crippen molar-refractivity contribution >= 4 is 27.5 Å². The molecule has 0 aromatic heterocycles. The number of hydrogen-bond donors (Lipinski definition) is 1. The van der Waals surface area contributed by atoms with Gasteiger partial charge in [0, 0.05) is 24.6 Å². The van der Waals surface area contributed by atoms with E-state index in [1.807, 2.05) is 48.5 Å². The van der Waals surface area contributed by atoms with Crippen LogP contribution in [0, 0.1) is 5.82 Å². The van der Waals surface area contributed by atoms with Crippen LogP contribution in [0.4, 0.5) is 10.1 Å². The molecule has 0 saturated heterocycles. The summed E-state index contributed by atoms with van der Waals surface area (Å²) >= 11 is 0. The first-order valence-electron chi connectivity index (χ1n) is 15.9. The third-order valence-corrected chi connectivity index (χ3v) is 9.44. The highest BCUT2D eigenvalue weighted by atomic mass is 32.2. The number of nitrogens with one attached hydrogen (secondary N) is 1. The second-order valence-corrected chi connectivity index (χ2v) is 13.7. The number of hydrogen-bond acceptors (Lipinski definition) is 5. The summed E-state index contributed by atoms with van der Waals surface area (Å²) in [6, 6.07) is 29.9. The number of carbonyl (C=O) groups is 2. The smallest absolute Gasteiger partial charge is 0.244 e. The Labute approximate surface area is 276 Å². The van der Waals surface area contributed by atoms with Gasteiger partial charge in [0.05, 0.1) is 11.9 Å². The standard InChI is InChI=1S/C37H40FN3O5S/c1-47(44,45)41(31-21-23-33(24-22-31)46-32-18-9-4-10-19-32)27-36(42)40(26-29-15-11-12-20-34(29)38)35(25-28-13-5-2-6-14-28)37(43)39-30-16-7-3-8-17-30/h2,4-6,9-15,18-24,30,35H,3,7-8,16-17,25-27H2,1H3,(H,39,43). The van der Waals surface area contributed by atoms with Crippen molar-refractivity contribution in [3.05, 3.63) is 126 Å². The number of rotatable bonds is 13. The molecule has 0 aliphatic heterocycles. The highest BCUT2D eigenvalue weighted by molar-refractivity contribution is 7.92. The highest BCUT2D eigenvalue weighted by Crippen LogP contribution is 2.27. The Bertz CT molecular complexity index is 1730. The number of anilines is 1. The Morgan fingerprint density at radius 1 is 0.830 bits per heavy atom. The minimum absolute atomic E-state index is 0.0240. The summed E-state index contributed by atoms with van der Waals surface area (Å²) in [5.41, 5.74) is 1.28. The first-order valence-corrected chi connectivity index (χ1v) is 17.7. The summed E-state index contributed by atoms with van der Waals surface area (Å²) in [6.45, 7) is -0.809. The summed E-state index contributed by atoms with van der Waals surface area (Å²) in [4.78, 5) is 29.7. The van der Waals surface area contributed by atoms with E-state index in [2.05, 4.69) is 5.32 Å². The number of para-hydroxylation sites is 1. The van der Waals surface area contributed by atoms with Crippen molar-refractivity contribution in [2.45, 2.75) is 57.2 Å². The van der Waals surface area contributed by atoms with E-state index < -0.39 is 34.3 Å². The molecule has 246 valence electrons. The lowest BCUT2D eigenvalue weighted by Gasteiger charge is -2.35. The summed E-state index contributed by atoms with van der Waals surface area (Å²) in [6.07, 6.45) is 6.00. The van der Waals surface area contributed by atoms with Gasteiger partial charge in [0.2, 0.25) is 21.8 Å². The van der Waals surface area contributed by atoms with Gasteiger partial charge in [0.25, 0.3) is 0 Å². The van der Waals surface area contributed by atoms with Crippen LogP contribution in [0.3, 0.4) is 0 Å². The molecule has 5 rings (SSSR count). The van der Waals surface area contributed by atoms with Crippen LogP contribution in [0.15, 0.2) is 109 Å². The fourth-order valence-electron chi connectivity index (χ4n) is 5.83. The number of nitrogens with zero attached hydrogens (tertiary/aromatic N) is 2. The lowest BCUT2D eigenvalue weighted by Crippen LogP contribution is -2.55. The third-order valence-electron chi connectivity index (χ3n) is 8.30. The second kappa shape index (κ2) is 15.7. The quantitative estimate of drug-likeness (QED) is 0.178. The van der Waals surface area contributed by atoms with E-state index in [0.29, 0.717) is 11.5 Å².